The second kappa shape index (κ2) is 11.2. The summed E-state index contributed by atoms with van der Waals surface area (Å²) in [5.41, 5.74) is 3.40. The van der Waals surface area contributed by atoms with Crippen molar-refractivity contribution in [3.8, 4) is 11.5 Å². The third-order valence-electron chi connectivity index (χ3n) is 9.83. The maximum Gasteiger partial charge on any atom is 0.234 e. The third kappa shape index (κ3) is 4.55. The van der Waals surface area contributed by atoms with Gasteiger partial charge < -0.3 is 9.84 Å². The van der Waals surface area contributed by atoms with Crippen LogP contribution in [0.4, 0.5) is 0 Å². The van der Waals surface area contributed by atoms with Crippen LogP contribution in [-0.2, 0) is 32.3 Å². The molecule has 0 bridgehead atoms. The maximum absolute atomic E-state index is 14.2. The number of fused-ring (bicyclic) bond motifs is 4. The van der Waals surface area contributed by atoms with E-state index in [2.05, 4.69) is 0 Å². The molecule has 224 valence electrons. The Bertz CT molecular complexity index is 1710. The van der Waals surface area contributed by atoms with Crippen molar-refractivity contribution in [2.45, 2.75) is 31.8 Å². The van der Waals surface area contributed by atoms with Crippen LogP contribution in [-0.4, -0.2) is 45.6 Å². The fourth-order valence-electron chi connectivity index (χ4n) is 7.87. The number of hydrogen-bond acceptors (Lipinski definition) is 6. The first-order valence-electron chi connectivity index (χ1n) is 14.8. The SMILES string of the molecule is COc1cc(C2C3=CCC4C(=O)N(Cc5ccccc5)C(=O)C4C3CC3C(=O)N(Cc4ccccc4)C(=O)C32)cc(I)c1O. The van der Waals surface area contributed by atoms with E-state index in [9.17, 15) is 24.3 Å². The van der Waals surface area contributed by atoms with E-state index in [4.69, 9.17) is 4.74 Å². The van der Waals surface area contributed by atoms with Crippen molar-refractivity contribution < 1.29 is 29.0 Å². The number of hydrogen-bond donors (Lipinski definition) is 1. The second-order valence-corrected chi connectivity index (χ2v) is 13.2. The van der Waals surface area contributed by atoms with Crippen molar-refractivity contribution in [1.82, 2.24) is 9.80 Å². The van der Waals surface area contributed by atoms with Crippen molar-refractivity contribution in [3.05, 3.63) is 105 Å². The van der Waals surface area contributed by atoms with E-state index < -0.39 is 29.6 Å². The number of halogens is 1. The molecule has 44 heavy (non-hydrogen) atoms. The Morgan fingerprint density at radius 1 is 0.773 bits per heavy atom. The van der Waals surface area contributed by atoms with Crippen LogP contribution in [0.5, 0.6) is 11.5 Å². The van der Waals surface area contributed by atoms with Gasteiger partial charge in [-0.05, 0) is 70.2 Å². The second-order valence-electron chi connectivity index (χ2n) is 12.1. The maximum atomic E-state index is 14.2. The molecule has 4 amide bonds. The summed E-state index contributed by atoms with van der Waals surface area (Å²) in [7, 11) is 1.47. The van der Waals surface area contributed by atoms with Crippen LogP contribution in [0.2, 0.25) is 0 Å². The number of carbonyl (C=O) groups excluding carboxylic acids is 4. The zero-order valence-electron chi connectivity index (χ0n) is 24.1. The Kier molecular flexibility index (Phi) is 7.31. The van der Waals surface area contributed by atoms with Crippen LogP contribution in [0.3, 0.4) is 0 Å². The number of likely N-dealkylation sites (tertiary alicyclic amines) is 2. The number of carbonyl (C=O) groups is 4. The smallest absolute Gasteiger partial charge is 0.234 e. The Balaban J connectivity index is 1.30. The Morgan fingerprint density at radius 3 is 1.93 bits per heavy atom. The van der Waals surface area contributed by atoms with Crippen molar-refractivity contribution in [3.63, 3.8) is 0 Å². The highest BCUT2D eigenvalue weighted by atomic mass is 127. The van der Waals surface area contributed by atoms with Crippen molar-refractivity contribution in [2.24, 2.45) is 29.6 Å². The zero-order chi connectivity index (χ0) is 30.7. The van der Waals surface area contributed by atoms with Gasteiger partial charge in [-0.3, -0.25) is 29.0 Å². The van der Waals surface area contributed by atoms with Gasteiger partial charge in [-0.2, -0.15) is 0 Å². The lowest BCUT2D eigenvalue weighted by atomic mass is 9.57. The number of benzene rings is 3. The van der Waals surface area contributed by atoms with Crippen LogP contribution < -0.4 is 4.74 Å². The fourth-order valence-corrected chi connectivity index (χ4v) is 8.49. The topological polar surface area (TPSA) is 104 Å². The van der Waals surface area contributed by atoms with Gasteiger partial charge in [0.2, 0.25) is 23.6 Å². The van der Waals surface area contributed by atoms with E-state index in [0.717, 1.165) is 22.3 Å². The van der Waals surface area contributed by atoms with E-state index in [1.165, 1.54) is 16.9 Å². The zero-order valence-corrected chi connectivity index (χ0v) is 26.2. The first-order valence-corrected chi connectivity index (χ1v) is 15.9. The molecule has 1 N–H and O–H groups in total. The normalized spacial score (nSPS) is 27.6. The molecule has 3 aromatic rings. The molecule has 6 atom stereocenters. The molecule has 0 spiro atoms. The summed E-state index contributed by atoms with van der Waals surface area (Å²) in [4.78, 5) is 58.7. The van der Waals surface area contributed by atoms with Gasteiger partial charge in [0.15, 0.2) is 11.5 Å². The number of methoxy groups -OCH3 is 1. The first-order chi connectivity index (χ1) is 21.3. The number of allylic oxidation sites excluding steroid dienone is 2. The largest absolute Gasteiger partial charge is 0.504 e. The predicted octanol–water partition coefficient (Wildman–Crippen LogP) is 5.04. The predicted molar refractivity (Wildman–Crippen MR) is 169 cm³/mol. The van der Waals surface area contributed by atoms with E-state index in [0.29, 0.717) is 16.4 Å². The monoisotopic (exact) mass is 702 g/mol. The highest BCUT2D eigenvalue weighted by Crippen LogP contribution is 2.58. The van der Waals surface area contributed by atoms with E-state index in [1.54, 1.807) is 6.07 Å². The number of phenolic OH excluding ortho intramolecular Hbond substituents is 1. The number of ether oxygens (including phenoxy) is 1. The van der Waals surface area contributed by atoms with E-state index in [-0.39, 0.29) is 54.1 Å². The first kappa shape index (κ1) is 28.8. The molecule has 3 aromatic carbocycles. The van der Waals surface area contributed by atoms with Gasteiger partial charge in [0.25, 0.3) is 0 Å². The highest BCUT2D eigenvalue weighted by molar-refractivity contribution is 14.1. The lowest BCUT2D eigenvalue weighted by molar-refractivity contribution is -0.142. The third-order valence-corrected chi connectivity index (χ3v) is 10.7. The molecule has 2 heterocycles. The fraction of sp³-hybridized carbons (Fsp3) is 0.314. The summed E-state index contributed by atoms with van der Waals surface area (Å²) < 4.78 is 6.04. The van der Waals surface area contributed by atoms with Gasteiger partial charge in [-0.15, -0.1) is 0 Å². The molecule has 0 radical (unpaired) electrons. The number of rotatable bonds is 6. The molecule has 2 aliphatic carbocycles. The number of aromatic hydroxyl groups is 1. The Labute approximate surface area is 268 Å². The highest BCUT2D eigenvalue weighted by Gasteiger charge is 2.61. The van der Waals surface area contributed by atoms with Gasteiger partial charge in [-0.25, -0.2) is 0 Å². The molecule has 3 fully saturated rings. The summed E-state index contributed by atoms with van der Waals surface area (Å²) in [6, 6.07) is 22.5. The van der Waals surface area contributed by atoms with Crippen molar-refractivity contribution in [1.29, 1.82) is 0 Å². The molecule has 9 heteroatoms. The summed E-state index contributed by atoms with van der Waals surface area (Å²) in [6.07, 6.45) is 2.75. The molecule has 1 saturated carbocycles. The number of phenols is 1. The van der Waals surface area contributed by atoms with Crippen LogP contribution in [0.15, 0.2) is 84.4 Å². The quantitative estimate of drug-likeness (QED) is 0.220. The van der Waals surface area contributed by atoms with E-state index >= 15 is 0 Å². The van der Waals surface area contributed by atoms with Gasteiger partial charge in [0.05, 0.1) is 47.4 Å². The number of imide groups is 2. The van der Waals surface area contributed by atoms with E-state index in [1.807, 2.05) is 95.4 Å². The molecule has 4 aliphatic rings. The molecular weight excluding hydrogens is 671 g/mol. The Hall–Kier alpha value is -3.99. The molecule has 6 unspecified atom stereocenters. The molecule has 2 saturated heterocycles. The molecule has 2 aliphatic heterocycles. The van der Waals surface area contributed by atoms with Gasteiger partial charge in [-0.1, -0.05) is 72.3 Å². The minimum atomic E-state index is -0.664. The van der Waals surface area contributed by atoms with Crippen molar-refractivity contribution in [2.75, 3.05) is 7.11 Å². The minimum Gasteiger partial charge on any atom is -0.504 e. The van der Waals surface area contributed by atoms with Crippen molar-refractivity contribution >= 4 is 46.2 Å². The summed E-state index contributed by atoms with van der Waals surface area (Å²) in [5.74, 6) is -3.88. The average molecular weight is 703 g/mol. The van der Waals surface area contributed by atoms with Gasteiger partial charge >= 0.3 is 0 Å². The number of amides is 4. The Morgan fingerprint density at radius 2 is 1.34 bits per heavy atom. The summed E-state index contributed by atoms with van der Waals surface area (Å²) in [6.45, 7) is 0.380. The van der Waals surface area contributed by atoms with Gasteiger partial charge in [0.1, 0.15) is 0 Å². The van der Waals surface area contributed by atoms with Crippen LogP contribution >= 0.6 is 22.6 Å². The summed E-state index contributed by atoms with van der Waals surface area (Å²) in [5, 5.41) is 10.6. The molecule has 0 aromatic heterocycles. The average Bonchev–Trinajstić information content (AvgIpc) is 3.42. The molecular formula is C35H31IN2O6. The lowest BCUT2D eigenvalue weighted by Gasteiger charge is -2.44. The molecule has 7 rings (SSSR count). The standard InChI is InChI=1S/C35H31IN2O6/c1-44-27-15-21(14-26(36)31(27)39)28-22-12-13-23-29(34(42)37(32(23)40)17-19-8-4-2-5-9-19)24(22)16-25-30(28)35(43)38(33(25)41)18-20-10-6-3-7-11-20/h2-12,14-15,23-25,28-30,39H,13,16-18H2,1H3. The van der Waals surface area contributed by atoms with Crippen LogP contribution in [0, 0.1) is 33.2 Å². The summed E-state index contributed by atoms with van der Waals surface area (Å²) >= 11 is 2.04. The van der Waals surface area contributed by atoms with Crippen LogP contribution in [0.25, 0.3) is 0 Å². The van der Waals surface area contributed by atoms with Gasteiger partial charge in [0, 0.05) is 5.92 Å². The minimum absolute atomic E-state index is 0.00565. The number of nitrogens with zero attached hydrogens (tertiary/aromatic N) is 2. The lowest BCUT2D eigenvalue weighted by Crippen LogP contribution is -2.43. The van der Waals surface area contributed by atoms with Crippen LogP contribution in [0.1, 0.15) is 35.4 Å². The molecule has 8 nitrogen and oxygen atoms in total.